The van der Waals surface area contributed by atoms with Gasteiger partial charge in [-0.3, -0.25) is 9.78 Å². The number of nitrogens with one attached hydrogen (secondary N) is 1. The lowest BCUT2D eigenvalue weighted by Gasteiger charge is -2.26. The number of aliphatic hydroxyl groups is 1. The Morgan fingerprint density at radius 1 is 1.22 bits per heavy atom. The maximum absolute atomic E-state index is 12.9. The van der Waals surface area contributed by atoms with Gasteiger partial charge in [-0.2, -0.15) is 0 Å². The number of nitrogens with zero attached hydrogens (tertiary/aromatic N) is 1. The van der Waals surface area contributed by atoms with Crippen LogP contribution in [-0.2, 0) is 9.53 Å². The van der Waals surface area contributed by atoms with Crippen LogP contribution in [0.5, 0.6) is 0 Å². The number of rotatable bonds is 4. The molecule has 1 saturated heterocycles. The number of hydrogen-bond acceptors (Lipinski definition) is 5. The molecule has 138 valence electrons. The number of aromatic nitrogens is 1. The lowest BCUT2D eigenvalue weighted by atomic mass is 9.91. The molecule has 0 amide bonds. The van der Waals surface area contributed by atoms with E-state index in [1.165, 1.54) is 0 Å². The predicted molar refractivity (Wildman–Crippen MR) is 105 cm³/mol. The van der Waals surface area contributed by atoms with Gasteiger partial charge in [0, 0.05) is 40.8 Å². The second-order valence-electron chi connectivity index (χ2n) is 6.48. The maximum atomic E-state index is 12.9. The first-order valence-corrected chi connectivity index (χ1v) is 9.20. The van der Waals surface area contributed by atoms with E-state index in [0.717, 1.165) is 16.5 Å². The van der Waals surface area contributed by atoms with E-state index in [9.17, 15) is 9.90 Å². The third-order valence-corrected chi connectivity index (χ3v) is 5.01. The molecule has 2 N–H and O–H groups in total. The fourth-order valence-electron chi connectivity index (χ4n) is 3.38. The molecule has 27 heavy (non-hydrogen) atoms. The Kier molecular flexibility index (Phi) is 5.18. The number of para-hydroxylation sites is 1. The van der Waals surface area contributed by atoms with Crippen LogP contribution in [0.2, 0.25) is 5.02 Å². The summed E-state index contributed by atoms with van der Waals surface area (Å²) in [6.07, 6.45) is -0.288. The Morgan fingerprint density at radius 2 is 2.00 bits per heavy atom. The number of hydrogen-bond donors (Lipinski definition) is 2. The van der Waals surface area contributed by atoms with Crippen LogP contribution < -0.4 is 5.32 Å². The normalized spacial score (nSPS) is 18.4. The van der Waals surface area contributed by atoms with E-state index in [0.29, 0.717) is 35.8 Å². The highest BCUT2D eigenvalue weighted by Gasteiger charge is 2.31. The van der Waals surface area contributed by atoms with Crippen molar-refractivity contribution in [2.45, 2.75) is 12.2 Å². The van der Waals surface area contributed by atoms with Gasteiger partial charge in [0.1, 0.15) is 12.2 Å². The van der Waals surface area contributed by atoms with Gasteiger partial charge in [0.15, 0.2) is 5.78 Å². The molecule has 2 atom stereocenters. The molecule has 1 aliphatic rings. The molecule has 0 saturated carbocycles. The Morgan fingerprint density at radius 3 is 2.74 bits per heavy atom. The quantitative estimate of drug-likeness (QED) is 0.725. The van der Waals surface area contributed by atoms with Crippen LogP contribution in [0.4, 0.5) is 0 Å². The van der Waals surface area contributed by atoms with Crippen molar-refractivity contribution in [2.75, 3.05) is 19.7 Å². The van der Waals surface area contributed by atoms with Crippen LogP contribution >= 0.6 is 11.6 Å². The second-order valence-corrected chi connectivity index (χ2v) is 6.91. The molecule has 0 spiro atoms. The number of ether oxygens (including phenoxy) is 1. The first kappa shape index (κ1) is 18.1. The van der Waals surface area contributed by atoms with Crippen LogP contribution in [-0.4, -0.2) is 41.7 Å². The molecule has 1 aromatic heterocycles. The summed E-state index contributed by atoms with van der Waals surface area (Å²) in [6, 6.07) is 14.7. The van der Waals surface area contributed by atoms with Gasteiger partial charge < -0.3 is 15.2 Å². The third-order valence-electron chi connectivity index (χ3n) is 4.76. The minimum absolute atomic E-state index is 0.353. The van der Waals surface area contributed by atoms with Crippen molar-refractivity contribution in [1.29, 1.82) is 0 Å². The highest BCUT2D eigenvalue weighted by atomic mass is 35.5. The maximum Gasteiger partial charge on any atom is 0.195 e. The number of fused-ring (bicyclic) bond motifs is 1. The molecule has 0 aliphatic carbocycles. The number of halogens is 1. The molecule has 0 radical (unpaired) electrons. The van der Waals surface area contributed by atoms with Gasteiger partial charge >= 0.3 is 0 Å². The van der Waals surface area contributed by atoms with E-state index < -0.39 is 12.2 Å². The molecule has 1 aliphatic heterocycles. The smallest absolute Gasteiger partial charge is 0.195 e. The summed E-state index contributed by atoms with van der Waals surface area (Å²) in [6.45, 7) is 1.55. The number of carbonyl (C=O) groups excluding carboxylic acids is 1. The van der Waals surface area contributed by atoms with E-state index in [1.54, 1.807) is 18.3 Å². The van der Waals surface area contributed by atoms with Gasteiger partial charge in [-0.25, -0.2) is 0 Å². The van der Waals surface area contributed by atoms with Crippen molar-refractivity contribution in [3.63, 3.8) is 0 Å². The molecular weight excluding hydrogens is 364 g/mol. The first-order chi connectivity index (χ1) is 13.1. The molecule has 2 unspecified atom stereocenters. The van der Waals surface area contributed by atoms with Gasteiger partial charge in [0.25, 0.3) is 0 Å². The Hall–Kier alpha value is -2.31. The minimum Gasteiger partial charge on any atom is -0.380 e. The number of carbonyl (C=O) groups is 1. The highest BCUT2D eigenvalue weighted by molar-refractivity contribution is 6.30. The molecule has 2 heterocycles. The summed E-state index contributed by atoms with van der Waals surface area (Å²) in [5, 5.41) is 15.5. The van der Waals surface area contributed by atoms with E-state index in [4.69, 9.17) is 16.3 Å². The molecule has 2 aromatic carbocycles. The lowest BCUT2D eigenvalue weighted by Crippen LogP contribution is -2.44. The topological polar surface area (TPSA) is 71.5 Å². The minimum atomic E-state index is -1.31. The van der Waals surface area contributed by atoms with Crippen LogP contribution in [0.15, 0.2) is 54.7 Å². The van der Waals surface area contributed by atoms with E-state index >= 15 is 0 Å². The lowest BCUT2D eigenvalue weighted by molar-refractivity contribution is -0.140. The zero-order valence-corrected chi connectivity index (χ0v) is 15.3. The summed E-state index contributed by atoms with van der Waals surface area (Å²) >= 11 is 6.01. The van der Waals surface area contributed by atoms with Crippen LogP contribution in [0.3, 0.4) is 0 Å². The zero-order chi connectivity index (χ0) is 18.8. The van der Waals surface area contributed by atoms with Crippen molar-refractivity contribution in [2.24, 2.45) is 0 Å². The summed E-state index contributed by atoms with van der Waals surface area (Å²) in [4.78, 5) is 17.4. The monoisotopic (exact) mass is 382 g/mol. The second kappa shape index (κ2) is 7.74. The standard InChI is InChI=1S/C21H19ClN2O3/c22-14-7-5-13(6-8-14)16-11-24-17-4-2-1-3-15(17)19(16)21(26)20(25)18-12-23-9-10-27-18/h1-8,11,18,21,23,26H,9-10,12H2. The zero-order valence-electron chi connectivity index (χ0n) is 14.6. The molecule has 3 aromatic rings. The molecular formula is C21H19ClN2O3. The molecule has 6 heteroatoms. The fraction of sp³-hybridized carbons (Fsp3) is 0.238. The number of pyridine rings is 1. The van der Waals surface area contributed by atoms with Gasteiger partial charge in [-0.05, 0) is 23.8 Å². The van der Waals surface area contributed by atoms with Crippen LogP contribution in [0, 0.1) is 0 Å². The van der Waals surface area contributed by atoms with Crippen molar-refractivity contribution in [1.82, 2.24) is 10.3 Å². The fourth-order valence-corrected chi connectivity index (χ4v) is 3.51. The number of morpholine rings is 1. The van der Waals surface area contributed by atoms with Gasteiger partial charge in [0.2, 0.25) is 0 Å². The summed E-state index contributed by atoms with van der Waals surface area (Å²) in [5.41, 5.74) is 2.80. The van der Waals surface area contributed by atoms with E-state index in [1.807, 2.05) is 36.4 Å². The van der Waals surface area contributed by atoms with Gasteiger partial charge in [-0.1, -0.05) is 41.9 Å². The van der Waals surface area contributed by atoms with Crippen LogP contribution in [0.1, 0.15) is 11.7 Å². The molecule has 4 rings (SSSR count). The first-order valence-electron chi connectivity index (χ1n) is 8.83. The molecule has 1 fully saturated rings. The summed E-state index contributed by atoms with van der Waals surface area (Å²) in [7, 11) is 0. The predicted octanol–water partition coefficient (Wildman–Crippen LogP) is 3.15. The van der Waals surface area contributed by atoms with E-state index in [2.05, 4.69) is 10.3 Å². The van der Waals surface area contributed by atoms with Gasteiger partial charge in [0.05, 0.1) is 12.1 Å². The Labute approximate surface area is 161 Å². The number of ketones is 1. The average molecular weight is 383 g/mol. The number of benzene rings is 2. The van der Waals surface area contributed by atoms with Crippen molar-refractivity contribution in [3.8, 4) is 11.1 Å². The largest absolute Gasteiger partial charge is 0.380 e. The number of aliphatic hydroxyl groups excluding tert-OH is 1. The SMILES string of the molecule is O=C(C1CNCCO1)C(O)c1c(-c2ccc(Cl)cc2)cnc2ccccc12. The third kappa shape index (κ3) is 3.59. The van der Waals surface area contributed by atoms with Crippen molar-refractivity contribution >= 4 is 28.3 Å². The summed E-state index contributed by atoms with van der Waals surface area (Å²) in [5.74, 6) is -0.353. The number of Topliss-reactive ketones (excluding diaryl/α,β-unsaturated/α-hetero) is 1. The van der Waals surface area contributed by atoms with Crippen molar-refractivity contribution in [3.05, 3.63) is 65.3 Å². The van der Waals surface area contributed by atoms with Crippen molar-refractivity contribution < 1.29 is 14.6 Å². The highest BCUT2D eigenvalue weighted by Crippen LogP contribution is 2.35. The van der Waals surface area contributed by atoms with E-state index in [-0.39, 0.29) is 5.78 Å². The summed E-state index contributed by atoms with van der Waals surface area (Å²) < 4.78 is 5.55. The molecule has 5 nitrogen and oxygen atoms in total. The average Bonchev–Trinajstić information content (AvgIpc) is 2.73. The molecule has 0 bridgehead atoms. The van der Waals surface area contributed by atoms with Crippen LogP contribution in [0.25, 0.3) is 22.0 Å². The van der Waals surface area contributed by atoms with Gasteiger partial charge in [-0.15, -0.1) is 0 Å². The Balaban J connectivity index is 1.84. The Bertz CT molecular complexity index is 969.